The number of rotatable bonds is 1. The smallest absolute Gasteiger partial charge is 0.167 e. The molecular weight excluding hydrogens is 169 g/mol. The molecule has 1 heterocycles. The van der Waals surface area contributed by atoms with E-state index in [2.05, 4.69) is 0 Å². The van der Waals surface area contributed by atoms with Crippen molar-refractivity contribution in [3.8, 4) is 5.75 Å². The van der Waals surface area contributed by atoms with Crippen LogP contribution in [0.1, 0.15) is 0 Å². The molecule has 1 aromatic heterocycles. The maximum atomic E-state index is 13.2. The molecule has 0 aliphatic rings. The zero-order valence-corrected chi connectivity index (χ0v) is 7.54. The fraction of sp³-hybridized carbons (Fsp3) is 0.200. The lowest BCUT2D eigenvalue weighted by Crippen LogP contribution is -1.89. The van der Waals surface area contributed by atoms with Gasteiger partial charge in [-0.3, -0.25) is 0 Å². The maximum Gasteiger partial charge on any atom is 0.167 e. The van der Waals surface area contributed by atoms with Gasteiger partial charge in [-0.2, -0.15) is 0 Å². The maximum absolute atomic E-state index is 13.2. The monoisotopic (exact) mass is 179 g/mol. The number of hydrogen-bond donors (Lipinski definition) is 0. The Hall–Kier alpha value is -1.51. The Morgan fingerprint density at radius 1 is 1.38 bits per heavy atom. The summed E-state index contributed by atoms with van der Waals surface area (Å²) >= 11 is 0. The highest BCUT2D eigenvalue weighted by atomic mass is 19.1. The number of ether oxygens (including phenoxy) is 1. The summed E-state index contributed by atoms with van der Waals surface area (Å²) < 4.78 is 20.0. The van der Waals surface area contributed by atoms with Crippen LogP contribution in [0.2, 0.25) is 0 Å². The Morgan fingerprint density at radius 3 is 2.85 bits per heavy atom. The second-order valence-corrected chi connectivity index (χ2v) is 2.97. The number of benzene rings is 1. The molecule has 0 N–H and O–H groups in total. The normalized spacial score (nSPS) is 10.7. The number of nitrogens with zero attached hydrogens (tertiary/aromatic N) is 1. The summed E-state index contributed by atoms with van der Waals surface area (Å²) in [5.41, 5.74) is 0.873. The highest BCUT2D eigenvalue weighted by Crippen LogP contribution is 2.24. The van der Waals surface area contributed by atoms with E-state index in [0.29, 0.717) is 5.75 Å². The van der Waals surface area contributed by atoms with Crippen LogP contribution in [0.15, 0.2) is 24.4 Å². The van der Waals surface area contributed by atoms with Crippen LogP contribution in [0, 0.1) is 5.82 Å². The number of halogens is 1. The first-order chi connectivity index (χ1) is 6.22. The van der Waals surface area contributed by atoms with Crippen molar-refractivity contribution in [2.24, 2.45) is 7.05 Å². The van der Waals surface area contributed by atoms with Crippen molar-refractivity contribution in [2.75, 3.05) is 7.11 Å². The molecule has 0 aliphatic carbocycles. The minimum Gasteiger partial charge on any atom is -0.494 e. The predicted molar refractivity (Wildman–Crippen MR) is 49.4 cm³/mol. The van der Waals surface area contributed by atoms with E-state index in [0.717, 1.165) is 10.9 Å². The molecule has 2 nitrogen and oxygen atoms in total. The van der Waals surface area contributed by atoms with E-state index in [9.17, 15) is 4.39 Å². The van der Waals surface area contributed by atoms with Crippen molar-refractivity contribution in [3.63, 3.8) is 0 Å². The van der Waals surface area contributed by atoms with Gasteiger partial charge in [0.15, 0.2) is 11.6 Å². The van der Waals surface area contributed by atoms with Crippen LogP contribution in [0.5, 0.6) is 5.75 Å². The van der Waals surface area contributed by atoms with E-state index in [1.165, 1.54) is 13.2 Å². The van der Waals surface area contributed by atoms with Crippen molar-refractivity contribution in [2.45, 2.75) is 0 Å². The van der Waals surface area contributed by atoms with Gasteiger partial charge < -0.3 is 9.30 Å². The van der Waals surface area contributed by atoms with Gasteiger partial charge in [-0.25, -0.2) is 4.39 Å². The number of aryl methyl sites for hydroxylation is 1. The van der Waals surface area contributed by atoms with Crippen molar-refractivity contribution in [1.82, 2.24) is 4.57 Å². The van der Waals surface area contributed by atoms with Crippen molar-refractivity contribution < 1.29 is 9.13 Å². The molecule has 0 unspecified atom stereocenters. The average Bonchev–Trinajstić information content (AvgIpc) is 2.47. The predicted octanol–water partition coefficient (Wildman–Crippen LogP) is 2.33. The first kappa shape index (κ1) is 8.10. The molecule has 0 spiro atoms. The molecule has 3 heteroatoms. The van der Waals surface area contributed by atoms with Crippen molar-refractivity contribution >= 4 is 10.9 Å². The fourth-order valence-electron chi connectivity index (χ4n) is 1.43. The zero-order valence-electron chi connectivity index (χ0n) is 7.54. The van der Waals surface area contributed by atoms with Crippen molar-refractivity contribution in [3.05, 3.63) is 30.2 Å². The Balaban J connectivity index is 2.76. The molecular formula is C10H10FNO. The van der Waals surface area contributed by atoms with Crippen LogP contribution in [0.3, 0.4) is 0 Å². The van der Waals surface area contributed by atoms with E-state index >= 15 is 0 Å². The second kappa shape index (κ2) is 2.76. The van der Waals surface area contributed by atoms with Gasteiger partial charge in [0.05, 0.1) is 12.6 Å². The first-order valence-electron chi connectivity index (χ1n) is 4.01. The molecule has 2 rings (SSSR count). The largest absolute Gasteiger partial charge is 0.494 e. The molecule has 2 aromatic rings. The summed E-state index contributed by atoms with van der Waals surface area (Å²) in [7, 11) is 3.35. The zero-order chi connectivity index (χ0) is 9.42. The number of hydrogen-bond acceptors (Lipinski definition) is 1. The van der Waals surface area contributed by atoms with E-state index in [1.807, 2.05) is 23.9 Å². The van der Waals surface area contributed by atoms with Gasteiger partial charge in [0.1, 0.15) is 0 Å². The van der Waals surface area contributed by atoms with Gasteiger partial charge in [-0.15, -0.1) is 0 Å². The summed E-state index contributed by atoms with van der Waals surface area (Å²) in [6.07, 6.45) is 1.89. The highest BCUT2D eigenvalue weighted by Gasteiger charge is 2.06. The van der Waals surface area contributed by atoms with Gasteiger partial charge >= 0.3 is 0 Å². The Labute approximate surface area is 75.5 Å². The number of fused-ring (bicyclic) bond motifs is 1. The highest BCUT2D eigenvalue weighted by molar-refractivity contribution is 5.81. The Morgan fingerprint density at radius 2 is 2.15 bits per heavy atom. The molecule has 13 heavy (non-hydrogen) atoms. The Bertz CT molecular complexity index is 447. The van der Waals surface area contributed by atoms with Gasteiger partial charge in [0.2, 0.25) is 0 Å². The quantitative estimate of drug-likeness (QED) is 0.655. The third-order valence-corrected chi connectivity index (χ3v) is 2.16. The van der Waals surface area contributed by atoms with Crippen LogP contribution in [-0.4, -0.2) is 11.7 Å². The number of methoxy groups -OCH3 is 1. The topological polar surface area (TPSA) is 14.2 Å². The fourth-order valence-corrected chi connectivity index (χ4v) is 1.43. The number of aromatic nitrogens is 1. The van der Waals surface area contributed by atoms with Crippen molar-refractivity contribution in [1.29, 1.82) is 0 Å². The van der Waals surface area contributed by atoms with E-state index in [-0.39, 0.29) is 5.82 Å². The summed E-state index contributed by atoms with van der Waals surface area (Å²) in [4.78, 5) is 0. The minimum atomic E-state index is -0.322. The van der Waals surface area contributed by atoms with Crippen LogP contribution in [0.25, 0.3) is 10.9 Å². The average molecular weight is 179 g/mol. The van der Waals surface area contributed by atoms with E-state index < -0.39 is 0 Å². The standard InChI is InChI=1S/C10H10FNO/c1-12-4-3-7-5-10(13-2)8(11)6-9(7)12/h3-6H,1-2H3. The molecule has 0 radical (unpaired) electrons. The Kier molecular flexibility index (Phi) is 1.72. The summed E-state index contributed by atoms with van der Waals surface area (Å²) in [5, 5.41) is 0.987. The molecule has 68 valence electrons. The van der Waals surface area contributed by atoms with Crippen LogP contribution in [0.4, 0.5) is 4.39 Å². The molecule has 1 aromatic carbocycles. The lowest BCUT2D eigenvalue weighted by molar-refractivity contribution is 0.387. The molecule has 0 amide bonds. The van der Waals surface area contributed by atoms with Crippen LogP contribution in [-0.2, 0) is 7.05 Å². The second-order valence-electron chi connectivity index (χ2n) is 2.97. The molecule has 0 fully saturated rings. The SMILES string of the molecule is COc1cc2ccn(C)c2cc1F. The molecule has 0 aliphatic heterocycles. The third kappa shape index (κ3) is 1.16. The molecule has 0 bridgehead atoms. The van der Waals surface area contributed by atoms with Gasteiger partial charge in [-0.1, -0.05) is 0 Å². The molecule has 0 saturated heterocycles. The van der Waals surface area contributed by atoms with E-state index in [4.69, 9.17) is 4.74 Å². The van der Waals surface area contributed by atoms with Crippen LogP contribution < -0.4 is 4.74 Å². The summed E-state index contributed by atoms with van der Waals surface area (Å²) in [6.45, 7) is 0. The van der Waals surface area contributed by atoms with Gasteiger partial charge in [0, 0.05) is 24.7 Å². The third-order valence-electron chi connectivity index (χ3n) is 2.16. The molecule has 0 saturated carbocycles. The minimum absolute atomic E-state index is 0.290. The van der Waals surface area contributed by atoms with Gasteiger partial charge in [-0.05, 0) is 12.1 Å². The van der Waals surface area contributed by atoms with Crippen LogP contribution >= 0.6 is 0 Å². The molecule has 0 atom stereocenters. The first-order valence-corrected chi connectivity index (χ1v) is 4.01. The summed E-state index contributed by atoms with van der Waals surface area (Å²) in [5.74, 6) is -0.0319. The van der Waals surface area contributed by atoms with E-state index in [1.54, 1.807) is 6.07 Å². The van der Waals surface area contributed by atoms with Gasteiger partial charge in [0.25, 0.3) is 0 Å². The summed E-state index contributed by atoms with van der Waals surface area (Å²) in [6, 6.07) is 5.11. The lowest BCUT2D eigenvalue weighted by atomic mass is 10.2. The lowest BCUT2D eigenvalue weighted by Gasteiger charge is -2.02.